The van der Waals surface area contributed by atoms with Crippen LogP contribution in [-0.2, 0) is 12.8 Å². The first-order valence-electron chi connectivity index (χ1n) is 6.72. The van der Waals surface area contributed by atoms with Gasteiger partial charge >= 0.3 is 0 Å². The molecule has 0 bridgehead atoms. The topological polar surface area (TPSA) is 38.0 Å². The number of hydrazine groups is 1. The monoisotopic (exact) mass is 274 g/mol. The molecule has 0 fully saturated rings. The number of benzene rings is 2. The maximum Gasteiger partial charge on any atom is 0.131 e. The average Bonchev–Trinajstić information content (AvgIpc) is 2.90. The normalized spacial score (nSPS) is 15.2. The molecule has 1 atom stereocenters. The number of aryl methyl sites for hydroxylation is 2. The second-order valence-corrected chi connectivity index (χ2v) is 5.12. The Hall–Kier alpha value is -1.78. The molecule has 4 heteroatoms. The molecule has 104 valence electrons. The summed E-state index contributed by atoms with van der Waals surface area (Å²) in [6.45, 7) is 0. The van der Waals surface area contributed by atoms with Crippen molar-refractivity contribution in [2.75, 3.05) is 0 Å². The minimum atomic E-state index is -0.679. The van der Waals surface area contributed by atoms with Crippen molar-refractivity contribution in [1.29, 1.82) is 0 Å². The van der Waals surface area contributed by atoms with Gasteiger partial charge in [-0.2, -0.15) is 0 Å². The minimum Gasteiger partial charge on any atom is -0.271 e. The molecule has 3 N–H and O–H groups in total. The van der Waals surface area contributed by atoms with Crippen molar-refractivity contribution in [2.24, 2.45) is 5.84 Å². The van der Waals surface area contributed by atoms with Crippen molar-refractivity contribution in [3.63, 3.8) is 0 Å². The van der Waals surface area contributed by atoms with Crippen LogP contribution in [0.1, 0.15) is 34.7 Å². The molecular formula is C16H16F2N2. The first-order valence-corrected chi connectivity index (χ1v) is 6.72. The molecule has 0 aromatic heterocycles. The van der Waals surface area contributed by atoms with Gasteiger partial charge < -0.3 is 0 Å². The zero-order valence-electron chi connectivity index (χ0n) is 11.0. The Balaban J connectivity index is 2.06. The second kappa shape index (κ2) is 5.31. The molecule has 1 unspecified atom stereocenters. The summed E-state index contributed by atoms with van der Waals surface area (Å²) in [5.41, 5.74) is 5.85. The lowest BCUT2D eigenvalue weighted by Crippen LogP contribution is -2.30. The zero-order valence-corrected chi connectivity index (χ0v) is 11.0. The highest BCUT2D eigenvalue weighted by atomic mass is 19.1. The summed E-state index contributed by atoms with van der Waals surface area (Å²) < 4.78 is 27.8. The first-order chi connectivity index (χ1) is 9.70. The molecule has 0 heterocycles. The molecule has 0 amide bonds. The number of nitrogens with one attached hydrogen (secondary N) is 1. The second-order valence-electron chi connectivity index (χ2n) is 5.12. The molecule has 2 aromatic carbocycles. The third-order valence-corrected chi connectivity index (χ3v) is 3.91. The van der Waals surface area contributed by atoms with Gasteiger partial charge in [0.05, 0.1) is 6.04 Å². The summed E-state index contributed by atoms with van der Waals surface area (Å²) in [4.78, 5) is 0. The van der Waals surface area contributed by atoms with Gasteiger partial charge in [-0.05, 0) is 48.1 Å². The van der Waals surface area contributed by atoms with Crippen molar-refractivity contribution in [1.82, 2.24) is 5.43 Å². The van der Waals surface area contributed by atoms with Gasteiger partial charge in [-0.1, -0.05) is 24.3 Å². The Morgan fingerprint density at radius 2 is 1.70 bits per heavy atom. The van der Waals surface area contributed by atoms with Crippen LogP contribution in [0, 0.1) is 11.6 Å². The lowest BCUT2D eigenvalue weighted by Gasteiger charge is -2.19. The fraction of sp³-hybridized carbons (Fsp3) is 0.250. The van der Waals surface area contributed by atoms with E-state index in [0.717, 1.165) is 24.8 Å². The average molecular weight is 274 g/mol. The lowest BCUT2D eigenvalue weighted by molar-refractivity contribution is 0.510. The van der Waals surface area contributed by atoms with E-state index in [2.05, 4.69) is 5.43 Å². The van der Waals surface area contributed by atoms with E-state index in [4.69, 9.17) is 5.84 Å². The zero-order chi connectivity index (χ0) is 14.1. The maximum absolute atomic E-state index is 13.9. The Morgan fingerprint density at radius 1 is 1.00 bits per heavy atom. The van der Waals surface area contributed by atoms with Crippen LogP contribution in [0.4, 0.5) is 8.78 Å². The van der Waals surface area contributed by atoms with Gasteiger partial charge in [0.1, 0.15) is 11.6 Å². The van der Waals surface area contributed by atoms with E-state index in [0.29, 0.717) is 0 Å². The van der Waals surface area contributed by atoms with Crippen LogP contribution < -0.4 is 11.3 Å². The third-order valence-electron chi connectivity index (χ3n) is 3.91. The molecule has 0 saturated heterocycles. The molecule has 2 nitrogen and oxygen atoms in total. The molecule has 1 aliphatic rings. The number of hydrogen-bond donors (Lipinski definition) is 2. The Morgan fingerprint density at radius 3 is 2.40 bits per heavy atom. The molecule has 2 aromatic rings. The number of halogens is 2. The Kier molecular flexibility index (Phi) is 3.51. The first kappa shape index (κ1) is 13.2. The van der Waals surface area contributed by atoms with Gasteiger partial charge in [-0.3, -0.25) is 5.84 Å². The molecule has 20 heavy (non-hydrogen) atoms. The molecule has 0 spiro atoms. The van der Waals surface area contributed by atoms with Crippen LogP contribution in [0.3, 0.4) is 0 Å². The number of hydrogen-bond acceptors (Lipinski definition) is 2. The fourth-order valence-corrected chi connectivity index (χ4v) is 2.90. The van der Waals surface area contributed by atoms with Gasteiger partial charge in [0.15, 0.2) is 0 Å². The molecule has 0 radical (unpaired) electrons. The summed E-state index contributed by atoms with van der Waals surface area (Å²) in [5.74, 6) is 4.36. The molecular weight excluding hydrogens is 258 g/mol. The van der Waals surface area contributed by atoms with Gasteiger partial charge in [-0.25, -0.2) is 14.2 Å². The fourth-order valence-electron chi connectivity index (χ4n) is 2.90. The lowest BCUT2D eigenvalue weighted by atomic mass is 9.95. The van der Waals surface area contributed by atoms with Crippen molar-refractivity contribution < 1.29 is 8.78 Å². The SMILES string of the molecule is NNC(c1ccc2c(c1)CCC2)c1c(F)cccc1F. The summed E-state index contributed by atoms with van der Waals surface area (Å²) in [5, 5.41) is 0. The van der Waals surface area contributed by atoms with Crippen molar-refractivity contribution >= 4 is 0 Å². The Bertz CT molecular complexity index is 620. The van der Waals surface area contributed by atoms with Crippen molar-refractivity contribution in [2.45, 2.75) is 25.3 Å². The maximum atomic E-state index is 13.9. The van der Waals surface area contributed by atoms with Gasteiger partial charge in [0.25, 0.3) is 0 Å². The molecule has 3 rings (SSSR count). The number of nitrogens with two attached hydrogens (primary N) is 1. The van der Waals surface area contributed by atoms with Crippen LogP contribution in [0.25, 0.3) is 0 Å². The number of fused-ring (bicyclic) bond motifs is 1. The van der Waals surface area contributed by atoms with E-state index in [-0.39, 0.29) is 5.56 Å². The van der Waals surface area contributed by atoms with Gasteiger partial charge in [0, 0.05) is 5.56 Å². The van der Waals surface area contributed by atoms with Crippen LogP contribution in [0.2, 0.25) is 0 Å². The highest BCUT2D eigenvalue weighted by Gasteiger charge is 2.22. The predicted molar refractivity (Wildman–Crippen MR) is 74.0 cm³/mol. The highest BCUT2D eigenvalue weighted by Crippen LogP contribution is 2.30. The summed E-state index contributed by atoms with van der Waals surface area (Å²) in [6, 6.07) is 9.08. The van der Waals surface area contributed by atoms with E-state index in [9.17, 15) is 8.78 Å². The van der Waals surface area contributed by atoms with Crippen molar-refractivity contribution in [3.05, 3.63) is 70.3 Å². The van der Waals surface area contributed by atoms with Gasteiger partial charge in [0.2, 0.25) is 0 Å². The quantitative estimate of drug-likeness (QED) is 0.667. The van der Waals surface area contributed by atoms with Crippen LogP contribution >= 0.6 is 0 Å². The van der Waals surface area contributed by atoms with E-state index >= 15 is 0 Å². The standard InChI is InChI=1S/C16H16F2N2/c17-13-5-2-6-14(18)15(13)16(20-19)12-8-7-10-3-1-4-11(10)9-12/h2,5-9,16,20H,1,3-4,19H2. The highest BCUT2D eigenvalue weighted by molar-refractivity contribution is 5.40. The van der Waals surface area contributed by atoms with Crippen molar-refractivity contribution in [3.8, 4) is 0 Å². The summed E-state index contributed by atoms with van der Waals surface area (Å²) in [6.07, 6.45) is 3.22. The molecule has 1 aliphatic carbocycles. The third kappa shape index (κ3) is 2.21. The van der Waals surface area contributed by atoms with E-state index in [1.165, 1.54) is 29.3 Å². The largest absolute Gasteiger partial charge is 0.271 e. The smallest absolute Gasteiger partial charge is 0.131 e. The Labute approximate surface area is 116 Å². The minimum absolute atomic E-state index is 0.0343. The van der Waals surface area contributed by atoms with E-state index in [1.54, 1.807) is 0 Å². The summed E-state index contributed by atoms with van der Waals surface area (Å²) in [7, 11) is 0. The van der Waals surface area contributed by atoms with Crippen LogP contribution in [-0.4, -0.2) is 0 Å². The van der Waals surface area contributed by atoms with E-state index < -0.39 is 17.7 Å². The van der Waals surface area contributed by atoms with Crippen LogP contribution in [0.5, 0.6) is 0 Å². The van der Waals surface area contributed by atoms with E-state index in [1.807, 2.05) is 18.2 Å². The van der Waals surface area contributed by atoms with Gasteiger partial charge in [-0.15, -0.1) is 0 Å². The predicted octanol–water partition coefficient (Wildman–Crippen LogP) is 3.01. The summed E-state index contributed by atoms with van der Waals surface area (Å²) >= 11 is 0. The number of rotatable bonds is 3. The molecule has 0 saturated carbocycles. The molecule has 0 aliphatic heterocycles. The van der Waals surface area contributed by atoms with Crippen LogP contribution in [0.15, 0.2) is 36.4 Å².